The van der Waals surface area contributed by atoms with E-state index in [1.54, 1.807) is 28.7 Å². The average Bonchev–Trinajstić information content (AvgIpc) is 3.82. The molecule has 11 nitrogen and oxygen atoms in total. The monoisotopic (exact) mass is 818 g/mol. The maximum Gasteiger partial charge on any atom is 0.352 e. The predicted octanol–water partition coefficient (Wildman–Crippen LogP) is 9.92. The number of ether oxygens (including phenoxy) is 2. The third kappa shape index (κ3) is 6.56. The smallest absolute Gasteiger partial charge is 0.352 e. The molecule has 1 amide bonds. The van der Waals surface area contributed by atoms with Crippen molar-refractivity contribution in [3.63, 3.8) is 0 Å². The zero-order valence-electron chi connectivity index (χ0n) is 33.5. The fourth-order valence-electron chi connectivity index (χ4n) is 8.62. The lowest BCUT2D eigenvalue weighted by molar-refractivity contribution is 0.0686. The zero-order valence-corrected chi connectivity index (χ0v) is 35.0. The molecule has 13 heteroatoms. The summed E-state index contributed by atoms with van der Waals surface area (Å²) in [6.45, 7) is 10.9. The molecule has 0 bridgehead atoms. The highest BCUT2D eigenvalue weighted by Gasteiger charge is 2.38. The lowest BCUT2D eigenvalue weighted by atomic mass is 9.98. The number of methoxy groups -OCH3 is 1. The van der Waals surface area contributed by atoms with Crippen molar-refractivity contribution in [2.75, 3.05) is 25.2 Å². The van der Waals surface area contributed by atoms with E-state index < -0.39 is 5.97 Å². The van der Waals surface area contributed by atoms with Gasteiger partial charge < -0.3 is 28.6 Å². The van der Waals surface area contributed by atoms with E-state index in [1.807, 2.05) is 94.0 Å². The van der Waals surface area contributed by atoms with Crippen LogP contribution in [0.5, 0.6) is 11.6 Å². The van der Waals surface area contributed by atoms with Gasteiger partial charge in [0, 0.05) is 58.3 Å². The molecule has 1 unspecified atom stereocenters. The molecule has 7 aromatic rings. The SMILES string of the molecule is COc1cccc(Cn2c(C(=O)O)cc3cccc(N4CC(C)n5c(c(CCCOc6cc(C)c(Cl)c(C)c6)c6ccc(Cl)c(-c7c(C)nn(C)c7C)c65)C4=O)c32)n1. The van der Waals surface area contributed by atoms with E-state index in [0.717, 1.165) is 60.9 Å². The van der Waals surface area contributed by atoms with Gasteiger partial charge in [-0.15, -0.1) is 0 Å². The number of anilines is 1. The number of amides is 1. The second-order valence-electron chi connectivity index (χ2n) is 15.1. The highest BCUT2D eigenvalue weighted by atomic mass is 35.5. The molecule has 0 radical (unpaired) electrons. The van der Waals surface area contributed by atoms with Crippen molar-refractivity contribution in [3.05, 3.63) is 122 Å². The van der Waals surface area contributed by atoms with Crippen molar-refractivity contribution >= 4 is 62.6 Å². The molecule has 8 rings (SSSR count). The van der Waals surface area contributed by atoms with E-state index in [9.17, 15) is 9.90 Å². The van der Waals surface area contributed by atoms with Gasteiger partial charge in [0.05, 0.1) is 53.4 Å². The molecule has 1 N–H and O–H groups in total. The molecule has 3 aromatic carbocycles. The van der Waals surface area contributed by atoms with Crippen LogP contribution in [0.1, 0.15) is 74.1 Å². The number of nitrogens with zero attached hydrogens (tertiary/aromatic N) is 6. The summed E-state index contributed by atoms with van der Waals surface area (Å²) in [5, 5.41) is 18.1. The van der Waals surface area contributed by atoms with E-state index in [0.29, 0.717) is 64.9 Å². The summed E-state index contributed by atoms with van der Waals surface area (Å²) in [5.41, 5.74) is 9.80. The van der Waals surface area contributed by atoms with E-state index >= 15 is 4.79 Å². The Morgan fingerprint density at radius 2 is 1.71 bits per heavy atom. The molecular weight excluding hydrogens is 775 g/mol. The lowest BCUT2D eigenvalue weighted by Gasteiger charge is -2.35. The Kier molecular flexibility index (Phi) is 10.2. The fourth-order valence-corrected chi connectivity index (χ4v) is 8.98. The Morgan fingerprint density at radius 3 is 2.40 bits per heavy atom. The summed E-state index contributed by atoms with van der Waals surface area (Å²) in [6.07, 6.45) is 1.18. The van der Waals surface area contributed by atoms with E-state index in [4.69, 9.17) is 37.8 Å². The van der Waals surface area contributed by atoms with Crippen LogP contribution in [0, 0.1) is 27.7 Å². The molecule has 1 atom stereocenters. The topological polar surface area (TPSA) is 117 Å². The third-order valence-corrected chi connectivity index (χ3v) is 12.2. The number of carboxylic acids is 1. The number of aryl methyl sites for hydroxylation is 5. The summed E-state index contributed by atoms with van der Waals surface area (Å²) >= 11 is 13.6. The van der Waals surface area contributed by atoms with Gasteiger partial charge >= 0.3 is 5.97 Å². The van der Waals surface area contributed by atoms with Crippen molar-refractivity contribution < 1.29 is 24.2 Å². The molecule has 1 aliphatic rings. The maximum atomic E-state index is 15.4. The van der Waals surface area contributed by atoms with Crippen molar-refractivity contribution in [1.82, 2.24) is 23.9 Å². The first-order chi connectivity index (χ1) is 27.8. The number of carboxylic acid groups (broad SMARTS) is 1. The van der Waals surface area contributed by atoms with Crippen molar-refractivity contribution in [2.24, 2.45) is 7.05 Å². The largest absolute Gasteiger partial charge is 0.494 e. The minimum absolute atomic E-state index is 0.0898. The van der Waals surface area contributed by atoms with Crippen LogP contribution in [0.3, 0.4) is 0 Å². The Hall–Kier alpha value is -5.78. The van der Waals surface area contributed by atoms with Crippen LogP contribution in [0.2, 0.25) is 10.0 Å². The van der Waals surface area contributed by atoms with Gasteiger partial charge in [-0.1, -0.05) is 47.5 Å². The molecule has 58 heavy (non-hydrogen) atoms. The maximum absolute atomic E-state index is 15.4. The number of carbonyl (C=O) groups excluding carboxylic acids is 1. The summed E-state index contributed by atoms with van der Waals surface area (Å²) in [5.74, 6) is -0.0992. The van der Waals surface area contributed by atoms with Crippen molar-refractivity contribution in [2.45, 2.75) is 60.0 Å². The number of halogens is 2. The molecule has 0 saturated carbocycles. The zero-order chi connectivity index (χ0) is 41.2. The summed E-state index contributed by atoms with van der Waals surface area (Å²) < 4.78 is 17.4. The second kappa shape index (κ2) is 15.2. The summed E-state index contributed by atoms with van der Waals surface area (Å²) in [7, 11) is 3.46. The van der Waals surface area contributed by atoms with Gasteiger partial charge in [0.1, 0.15) is 17.1 Å². The van der Waals surface area contributed by atoms with Crippen LogP contribution in [-0.4, -0.2) is 61.1 Å². The second-order valence-corrected chi connectivity index (χ2v) is 15.9. The number of fused-ring (bicyclic) bond motifs is 4. The van der Waals surface area contributed by atoms with Gasteiger partial charge in [-0.2, -0.15) is 5.10 Å². The van der Waals surface area contributed by atoms with Gasteiger partial charge in [-0.05, 0) is 101 Å². The van der Waals surface area contributed by atoms with E-state index in [2.05, 4.69) is 16.5 Å². The van der Waals surface area contributed by atoms with E-state index in [1.165, 1.54) is 0 Å². The molecular formula is C45H44Cl2N6O5. The Bertz CT molecular complexity index is 2780. The molecule has 0 aliphatic carbocycles. The highest BCUT2D eigenvalue weighted by molar-refractivity contribution is 6.35. The first-order valence-corrected chi connectivity index (χ1v) is 20.0. The van der Waals surface area contributed by atoms with Crippen LogP contribution >= 0.6 is 23.2 Å². The Labute approximate surface area is 346 Å². The van der Waals surface area contributed by atoms with Crippen molar-refractivity contribution in [1.29, 1.82) is 0 Å². The molecule has 4 aromatic heterocycles. The van der Waals surface area contributed by atoms with E-state index in [-0.39, 0.29) is 24.2 Å². The number of hydrogen-bond acceptors (Lipinski definition) is 6. The number of rotatable bonds is 11. The minimum atomic E-state index is -1.08. The number of aromatic nitrogens is 5. The predicted molar refractivity (Wildman–Crippen MR) is 229 cm³/mol. The highest BCUT2D eigenvalue weighted by Crippen LogP contribution is 2.46. The van der Waals surface area contributed by atoms with Gasteiger partial charge in [0.15, 0.2) is 0 Å². The molecule has 298 valence electrons. The summed E-state index contributed by atoms with van der Waals surface area (Å²) in [4.78, 5) is 34.5. The van der Waals surface area contributed by atoms with Crippen LogP contribution in [0.4, 0.5) is 5.69 Å². The standard InChI is InChI=1S/C45H44Cl2N6O5/c1-24-19-31(20-25(2)40(24)47)58-18-10-13-32-33-16-17-34(46)39(38-27(4)49-50(6)28(38)5)42(33)53-26(3)22-52(44(54)43(32)53)35-14-8-11-29-21-36(45(55)56)51(41(29)35)23-30-12-9-15-37(48-30)57-7/h8-9,11-12,14-17,19-21,26H,10,13,18,22-23H2,1-7H3,(H,55,56). The minimum Gasteiger partial charge on any atom is -0.494 e. The van der Waals surface area contributed by atoms with Gasteiger partial charge in [-0.3, -0.25) is 9.48 Å². The number of carbonyl (C=O) groups is 2. The Balaban J connectivity index is 1.28. The molecule has 0 fully saturated rings. The van der Waals surface area contributed by atoms with Gasteiger partial charge in [-0.25, -0.2) is 9.78 Å². The van der Waals surface area contributed by atoms with Crippen molar-refractivity contribution in [3.8, 4) is 22.8 Å². The van der Waals surface area contributed by atoms with Crippen LogP contribution in [-0.2, 0) is 20.0 Å². The first kappa shape index (κ1) is 39.1. The van der Waals surface area contributed by atoms with Crippen LogP contribution in [0.15, 0.2) is 66.7 Å². The quantitative estimate of drug-likeness (QED) is 0.129. The summed E-state index contributed by atoms with van der Waals surface area (Å²) in [6, 6.07) is 20.3. The van der Waals surface area contributed by atoms with Gasteiger partial charge in [0.25, 0.3) is 5.91 Å². The lowest BCUT2D eigenvalue weighted by Crippen LogP contribution is -2.43. The van der Waals surface area contributed by atoms with Crippen LogP contribution in [0.25, 0.3) is 32.9 Å². The number of benzene rings is 3. The number of para-hydroxylation sites is 1. The van der Waals surface area contributed by atoms with Crippen LogP contribution < -0.4 is 14.4 Å². The van der Waals surface area contributed by atoms with Gasteiger partial charge in [0.2, 0.25) is 5.88 Å². The number of aromatic carboxylic acids is 1. The normalized spacial score (nSPS) is 14.1. The first-order valence-electron chi connectivity index (χ1n) is 19.2. The molecule has 1 aliphatic heterocycles. The third-order valence-electron chi connectivity index (χ3n) is 11.3. The fraction of sp³-hybridized carbons (Fsp3) is 0.289. The Morgan fingerprint density at radius 1 is 0.966 bits per heavy atom. The average molecular weight is 820 g/mol. The number of hydrogen-bond donors (Lipinski definition) is 1. The number of pyridine rings is 1. The molecule has 0 saturated heterocycles. The molecule has 5 heterocycles. The molecule has 0 spiro atoms.